The van der Waals surface area contributed by atoms with Crippen molar-refractivity contribution >= 4 is 17.5 Å². The zero-order chi connectivity index (χ0) is 16.2. The van der Waals surface area contributed by atoms with E-state index in [9.17, 15) is 4.79 Å². The van der Waals surface area contributed by atoms with E-state index in [2.05, 4.69) is 36.3 Å². The van der Waals surface area contributed by atoms with E-state index in [1.807, 2.05) is 30.3 Å². The zero-order valence-corrected chi connectivity index (χ0v) is 14.4. The molecule has 2 aliphatic carbocycles. The number of Topliss-reactive ketones (excluding diaryl/α,β-unsaturated/α-hetero) is 1. The Morgan fingerprint density at radius 1 is 1.22 bits per heavy atom. The van der Waals surface area contributed by atoms with Crippen molar-refractivity contribution in [3.05, 3.63) is 30.3 Å². The van der Waals surface area contributed by atoms with E-state index in [4.69, 9.17) is 0 Å². The molecule has 2 aliphatic rings. The van der Waals surface area contributed by atoms with Gasteiger partial charge in [0.05, 0.1) is 10.9 Å². The summed E-state index contributed by atoms with van der Waals surface area (Å²) < 4.78 is 1.72. The van der Waals surface area contributed by atoms with Gasteiger partial charge in [-0.1, -0.05) is 50.7 Å². The summed E-state index contributed by atoms with van der Waals surface area (Å²) in [4.78, 5) is 12.9. The van der Waals surface area contributed by atoms with E-state index in [1.54, 1.807) is 4.68 Å². The second-order valence-electron chi connectivity index (χ2n) is 7.34. The average Bonchev–Trinajstić information content (AvgIpc) is 3.12. The van der Waals surface area contributed by atoms with E-state index in [1.165, 1.54) is 11.8 Å². The molecule has 6 heteroatoms. The van der Waals surface area contributed by atoms with Gasteiger partial charge in [0.15, 0.2) is 0 Å². The van der Waals surface area contributed by atoms with Gasteiger partial charge in [0.25, 0.3) is 0 Å². The maximum Gasteiger partial charge on any atom is 0.214 e. The van der Waals surface area contributed by atoms with Crippen LogP contribution in [-0.4, -0.2) is 31.2 Å². The van der Waals surface area contributed by atoms with Crippen molar-refractivity contribution in [1.29, 1.82) is 0 Å². The van der Waals surface area contributed by atoms with Crippen LogP contribution in [0.4, 0.5) is 0 Å². The molecule has 120 valence electrons. The Hall–Kier alpha value is -1.69. The van der Waals surface area contributed by atoms with Crippen molar-refractivity contribution in [2.24, 2.45) is 16.7 Å². The third kappa shape index (κ3) is 1.94. The molecule has 1 aromatic heterocycles. The molecular weight excluding hydrogens is 308 g/mol. The van der Waals surface area contributed by atoms with E-state index in [0.29, 0.717) is 10.9 Å². The first-order valence-corrected chi connectivity index (χ1v) is 8.87. The lowest BCUT2D eigenvalue weighted by molar-refractivity contribution is -0.122. The topological polar surface area (TPSA) is 60.7 Å². The molecule has 0 amide bonds. The van der Waals surface area contributed by atoms with Gasteiger partial charge in [0, 0.05) is 5.92 Å². The predicted molar refractivity (Wildman–Crippen MR) is 88.4 cm³/mol. The second-order valence-corrected chi connectivity index (χ2v) is 8.41. The molecule has 1 aromatic carbocycles. The summed E-state index contributed by atoms with van der Waals surface area (Å²) in [5, 5.41) is 12.7. The van der Waals surface area contributed by atoms with Crippen molar-refractivity contribution in [3.8, 4) is 5.69 Å². The van der Waals surface area contributed by atoms with Gasteiger partial charge in [0.2, 0.25) is 5.16 Å². The van der Waals surface area contributed by atoms with Gasteiger partial charge in [0.1, 0.15) is 5.78 Å². The molecule has 0 spiro atoms. The van der Waals surface area contributed by atoms with Crippen LogP contribution in [0.5, 0.6) is 0 Å². The fourth-order valence-corrected chi connectivity index (χ4v) is 5.76. The van der Waals surface area contributed by atoms with Crippen LogP contribution in [0.3, 0.4) is 0 Å². The highest BCUT2D eigenvalue weighted by molar-refractivity contribution is 8.00. The summed E-state index contributed by atoms with van der Waals surface area (Å²) in [5.74, 6) is 0.544. The Bertz CT molecular complexity index is 757. The molecule has 2 aromatic rings. The van der Waals surface area contributed by atoms with Crippen molar-refractivity contribution < 1.29 is 4.79 Å². The molecular formula is C17H20N4OS. The van der Waals surface area contributed by atoms with Gasteiger partial charge in [-0.25, -0.2) is 0 Å². The maximum atomic E-state index is 12.9. The molecule has 4 rings (SSSR count). The summed E-state index contributed by atoms with van der Waals surface area (Å²) in [7, 11) is 0. The number of benzene rings is 1. The molecule has 0 N–H and O–H groups in total. The number of carbonyl (C=O) groups excluding carboxylic acids is 1. The first kappa shape index (κ1) is 14.9. The van der Waals surface area contributed by atoms with Gasteiger partial charge in [-0.3, -0.25) is 4.79 Å². The van der Waals surface area contributed by atoms with Gasteiger partial charge >= 0.3 is 0 Å². The standard InChI is InChI=1S/C17H20N4OS/c1-16(2)12-9-10-17(16,3)14(13(12)22)23-15-18-19-20-21(15)11-7-5-4-6-8-11/h4-8,12,14H,9-10H2,1-3H3/t12-,14-,17+/m1/s1. The van der Waals surface area contributed by atoms with Gasteiger partial charge in [-0.05, 0) is 46.2 Å². The van der Waals surface area contributed by atoms with E-state index in [0.717, 1.165) is 18.5 Å². The number of hydrogen-bond acceptors (Lipinski definition) is 5. The number of tetrazole rings is 1. The molecule has 0 saturated heterocycles. The SMILES string of the molecule is CC1(C)[C@@H]2CC[C@@]1(C)[C@H](Sc1nnnn1-c1ccccc1)C2=O. The number of hydrogen-bond donors (Lipinski definition) is 0. The third-order valence-corrected chi connectivity index (χ3v) is 7.59. The number of thioether (sulfide) groups is 1. The van der Waals surface area contributed by atoms with Crippen LogP contribution in [0.25, 0.3) is 5.69 Å². The van der Waals surface area contributed by atoms with Crippen molar-refractivity contribution in [2.45, 2.75) is 44.0 Å². The Morgan fingerprint density at radius 3 is 2.61 bits per heavy atom. The number of para-hydroxylation sites is 1. The molecule has 0 radical (unpaired) electrons. The smallest absolute Gasteiger partial charge is 0.214 e. The predicted octanol–water partition coefficient (Wildman–Crippen LogP) is 3.15. The highest BCUT2D eigenvalue weighted by Gasteiger charge is 2.66. The van der Waals surface area contributed by atoms with Crippen LogP contribution in [0, 0.1) is 16.7 Å². The minimum Gasteiger partial charge on any atom is -0.298 e. The van der Waals surface area contributed by atoms with E-state index >= 15 is 0 Å². The quantitative estimate of drug-likeness (QED) is 0.866. The molecule has 2 bridgehead atoms. The van der Waals surface area contributed by atoms with Gasteiger partial charge < -0.3 is 0 Å². The summed E-state index contributed by atoms with van der Waals surface area (Å²) in [5.41, 5.74) is 0.972. The lowest BCUT2D eigenvalue weighted by atomic mass is 9.71. The average molecular weight is 328 g/mol. The van der Waals surface area contributed by atoms with Crippen LogP contribution in [-0.2, 0) is 4.79 Å². The molecule has 2 saturated carbocycles. The Morgan fingerprint density at radius 2 is 1.96 bits per heavy atom. The highest BCUT2D eigenvalue weighted by atomic mass is 32.2. The Kier molecular flexibility index (Phi) is 3.17. The maximum absolute atomic E-state index is 12.9. The number of aromatic nitrogens is 4. The van der Waals surface area contributed by atoms with Crippen molar-refractivity contribution in [1.82, 2.24) is 20.2 Å². The second kappa shape index (κ2) is 4.90. The third-order valence-electron chi connectivity index (χ3n) is 6.14. The largest absolute Gasteiger partial charge is 0.298 e. The fraction of sp³-hybridized carbons (Fsp3) is 0.529. The number of carbonyl (C=O) groups is 1. The molecule has 3 atom stereocenters. The van der Waals surface area contributed by atoms with Gasteiger partial charge in [-0.2, -0.15) is 4.68 Å². The lowest BCUT2D eigenvalue weighted by Gasteiger charge is -2.37. The molecule has 23 heavy (non-hydrogen) atoms. The summed E-state index contributed by atoms with van der Waals surface area (Å²) in [6, 6.07) is 9.81. The van der Waals surface area contributed by atoms with Gasteiger partial charge in [-0.15, -0.1) is 5.10 Å². The molecule has 2 fully saturated rings. The number of nitrogens with zero attached hydrogens (tertiary/aromatic N) is 4. The van der Waals surface area contributed by atoms with Crippen LogP contribution in [0.2, 0.25) is 0 Å². The molecule has 0 unspecified atom stereocenters. The Balaban J connectivity index is 1.68. The molecule has 5 nitrogen and oxygen atoms in total. The van der Waals surface area contributed by atoms with Crippen LogP contribution in [0.15, 0.2) is 35.5 Å². The minimum atomic E-state index is -0.0651. The van der Waals surface area contributed by atoms with E-state index in [-0.39, 0.29) is 22.0 Å². The summed E-state index contributed by atoms with van der Waals surface area (Å²) in [6.45, 7) is 6.73. The lowest BCUT2D eigenvalue weighted by Crippen LogP contribution is -2.35. The van der Waals surface area contributed by atoms with Crippen molar-refractivity contribution in [3.63, 3.8) is 0 Å². The van der Waals surface area contributed by atoms with Crippen molar-refractivity contribution in [2.75, 3.05) is 0 Å². The Labute approximate surface area is 139 Å². The first-order valence-electron chi connectivity index (χ1n) is 7.99. The molecule has 1 heterocycles. The normalized spacial score (nSPS) is 31.7. The highest BCUT2D eigenvalue weighted by Crippen LogP contribution is 2.67. The van der Waals surface area contributed by atoms with Crippen LogP contribution >= 0.6 is 11.8 Å². The monoisotopic (exact) mass is 328 g/mol. The summed E-state index contributed by atoms with van der Waals surface area (Å²) in [6.07, 6.45) is 2.12. The zero-order valence-electron chi connectivity index (χ0n) is 13.6. The van der Waals surface area contributed by atoms with Crippen LogP contribution in [0.1, 0.15) is 33.6 Å². The number of fused-ring (bicyclic) bond motifs is 2. The van der Waals surface area contributed by atoms with Crippen LogP contribution < -0.4 is 0 Å². The van der Waals surface area contributed by atoms with E-state index < -0.39 is 0 Å². The fourth-order valence-electron chi connectivity index (χ4n) is 4.27. The summed E-state index contributed by atoms with van der Waals surface area (Å²) >= 11 is 1.53. The number of ketones is 1. The number of rotatable bonds is 3. The molecule has 0 aliphatic heterocycles. The minimum absolute atomic E-state index is 0.00683. The first-order chi connectivity index (χ1) is 10.9.